The molecule has 31 heavy (non-hydrogen) atoms. The average molecular weight is 420 g/mol. The maximum atomic E-state index is 3.97. The number of unbranched alkanes of at least 4 members (excludes halogenated alkanes) is 9. The topological polar surface area (TPSA) is 0 Å². The van der Waals surface area contributed by atoms with Crippen LogP contribution in [-0.2, 0) is 5.41 Å². The van der Waals surface area contributed by atoms with Crippen molar-refractivity contribution >= 4 is 0 Å². The van der Waals surface area contributed by atoms with Crippen LogP contribution in [0.25, 0.3) is 0 Å². The van der Waals surface area contributed by atoms with Gasteiger partial charge in [0.15, 0.2) is 0 Å². The molecule has 0 atom stereocenters. The molecule has 1 radical (unpaired) electrons. The van der Waals surface area contributed by atoms with Gasteiger partial charge in [-0.15, -0.1) is 0 Å². The summed E-state index contributed by atoms with van der Waals surface area (Å²) in [7, 11) is 0. The maximum absolute atomic E-state index is 3.97. The van der Waals surface area contributed by atoms with Crippen molar-refractivity contribution < 1.29 is 0 Å². The Balaban J connectivity index is 2.07. The zero-order valence-electron chi connectivity index (χ0n) is 20.5. The molecule has 0 N–H and O–H groups in total. The summed E-state index contributed by atoms with van der Waals surface area (Å²) in [6.07, 6.45) is 18.5. The lowest BCUT2D eigenvalue weighted by atomic mass is 9.68. The zero-order chi connectivity index (χ0) is 22.2. The van der Waals surface area contributed by atoms with E-state index >= 15 is 0 Å². The molecule has 0 aliphatic rings. The largest absolute Gasteiger partial charge is 0.0628 e. The Morgan fingerprint density at radius 3 is 1.45 bits per heavy atom. The van der Waals surface area contributed by atoms with Crippen LogP contribution in [0.4, 0.5) is 0 Å². The summed E-state index contributed by atoms with van der Waals surface area (Å²) in [5.74, 6) is 0.835. The molecule has 0 nitrogen and oxygen atoms in total. The first-order valence-electron chi connectivity index (χ1n) is 13.1. The molecule has 0 saturated carbocycles. The smallest absolute Gasteiger partial charge is 0.0202 e. The monoisotopic (exact) mass is 419 g/mol. The predicted octanol–water partition coefficient (Wildman–Crippen LogP) is 9.92. The molecule has 0 heteroatoms. The highest BCUT2D eigenvalue weighted by Crippen LogP contribution is 2.42. The van der Waals surface area contributed by atoms with Crippen molar-refractivity contribution in [2.75, 3.05) is 0 Å². The van der Waals surface area contributed by atoms with Gasteiger partial charge < -0.3 is 0 Å². The van der Waals surface area contributed by atoms with E-state index in [0.717, 1.165) is 12.3 Å². The second-order valence-corrected chi connectivity index (χ2v) is 9.89. The fourth-order valence-corrected chi connectivity index (χ4v) is 5.03. The second-order valence-electron chi connectivity index (χ2n) is 9.89. The van der Waals surface area contributed by atoms with Crippen molar-refractivity contribution in [2.45, 2.75) is 109 Å². The first-order valence-corrected chi connectivity index (χ1v) is 13.1. The summed E-state index contributed by atoms with van der Waals surface area (Å²) in [5.41, 5.74) is 3.19. The lowest BCUT2D eigenvalue weighted by Crippen LogP contribution is -2.28. The Bertz CT molecular complexity index is 615. The van der Waals surface area contributed by atoms with Crippen LogP contribution in [0.5, 0.6) is 0 Å². The van der Waals surface area contributed by atoms with Gasteiger partial charge in [-0.1, -0.05) is 158 Å². The van der Waals surface area contributed by atoms with E-state index in [4.69, 9.17) is 0 Å². The molecule has 0 fully saturated rings. The Morgan fingerprint density at radius 1 is 0.581 bits per heavy atom. The molecule has 0 unspecified atom stereocenters. The van der Waals surface area contributed by atoms with Crippen molar-refractivity contribution in [2.24, 2.45) is 5.92 Å². The van der Waals surface area contributed by atoms with Crippen LogP contribution >= 0.6 is 0 Å². The Kier molecular flexibility index (Phi) is 12.7. The van der Waals surface area contributed by atoms with E-state index in [9.17, 15) is 0 Å². The summed E-state index contributed by atoms with van der Waals surface area (Å²) in [6, 6.07) is 22.7. The van der Waals surface area contributed by atoms with Gasteiger partial charge in [-0.2, -0.15) is 0 Å². The molecule has 0 saturated heterocycles. The minimum atomic E-state index is 0.161. The molecule has 0 heterocycles. The van der Waals surface area contributed by atoms with Gasteiger partial charge >= 0.3 is 0 Å². The highest BCUT2D eigenvalue weighted by atomic mass is 14.4. The minimum absolute atomic E-state index is 0.161. The van der Waals surface area contributed by atoms with Gasteiger partial charge in [0.05, 0.1) is 0 Å². The van der Waals surface area contributed by atoms with E-state index in [-0.39, 0.29) is 5.41 Å². The SMILES string of the molecule is [CH2]CCCCCCCCC(CCCCCCC(C)C)(c1ccccc1)c1ccccc1. The third kappa shape index (κ3) is 9.22. The van der Waals surface area contributed by atoms with Crippen LogP contribution in [-0.4, -0.2) is 0 Å². The lowest BCUT2D eigenvalue weighted by Gasteiger charge is -2.36. The predicted molar refractivity (Wildman–Crippen MR) is 138 cm³/mol. The maximum Gasteiger partial charge on any atom is 0.0202 e. The fourth-order valence-electron chi connectivity index (χ4n) is 5.03. The number of benzene rings is 2. The molecular formula is C31H47. The molecule has 2 rings (SSSR count). The van der Waals surface area contributed by atoms with E-state index in [1.54, 1.807) is 0 Å². The first-order chi connectivity index (χ1) is 15.2. The molecule has 0 amide bonds. The Hall–Kier alpha value is -1.56. The molecular weight excluding hydrogens is 372 g/mol. The molecule has 171 valence electrons. The molecule has 2 aromatic rings. The first kappa shape index (κ1) is 25.7. The van der Waals surface area contributed by atoms with Crippen LogP contribution in [0.15, 0.2) is 60.7 Å². The van der Waals surface area contributed by atoms with Crippen molar-refractivity contribution in [1.82, 2.24) is 0 Å². The summed E-state index contributed by atoms with van der Waals surface area (Å²) < 4.78 is 0. The van der Waals surface area contributed by atoms with Gasteiger partial charge in [-0.3, -0.25) is 0 Å². The zero-order valence-corrected chi connectivity index (χ0v) is 20.5. The van der Waals surface area contributed by atoms with Crippen LogP contribution < -0.4 is 0 Å². The van der Waals surface area contributed by atoms with Gasteiger partial charge in [0.2, 0.25) is 0 Å². The van der Waals surface area contributed by atoms with Crippen LogP contribution in [0.3, 0.4) is 0 Å². The highest BCUT2D eigenvalue weighted by Gasteiger charge is 2.32. The van der Waals surface area contributed by atoms with Crippen molar-refractivity contribution in [3.63, 3.8) is 0 Å². The molecule has 0 aliphatic carbocycles. The highest BCUT2D eigenvalue weighted by molar-refractivity contribution is 5.39. The third-order valence-electron chi connectivity index (χ3n) is 6.89. The van der Waals surface area contributed by atoms with Crippen molar-refractivity contribution in [1.29, 1.82) is 0 Å². The summed E-state index contributed by atoms with van der Waals surface area (Å²) >= 11 is 0. The van der Waals surface area contributed by atoms with Gasteiger partial charge in [-0.25, -0.2) is 0 Å². The van der Waals surface area contributed by atoms with E-state index in [0.29, 0.717) is 0 Å². The fraction of sp³-hybridized carbons (Fsp3) is 0.581. The normalized spacial score (nSPS) is 11.9. The molecule has 0 aliphatic heterocycles. The Morgan fingerprint density at radius 2 is 1.00 bits per heavy atom. The van der Waals surface area contributed by atoms with Gasteiger partial charge in [-0.05, 0) is 29.9 Å². The summed E-state index contributed by atoms with van der Waals surface area (Å²) in [4.78, 5) is 0. The third-order valence-corrected chi connectivity index (χ3v) is 6.89. The van der Waals surface area contributed by atoms with E-state index in [1.165, 1.54) is 94.6 Å². The minimum Gasteiger partial charge on any atom is -0.0628 e. The quantitative estimate of drug-likeness (QED) is 0.224. The van der Waals surface area contributed by atoms with Crippen molar-refractivity contribution in [3.8, 4) is 0 Å². The summed E-state index contributed by atoms with van der Waals surface area (Å²) in [6.45, 7) is 8.66. The number of rotatable bonds is 17. The summed E-state index contributed by atoms with van der Waals surface area (Å²) in [5, 5.41) is 0. The van der Waals surface area contributed by atoms with Crippen LogP contribution in [0.2, 0.25) is 0 Å². The average Bonchev–Trinajstić information content (AvgIpc) is 2.80. The molecule has 2 aromatic carbocycles. The number of hydrogen-bond donors (Lipinski definition) is 0. The van der Waals surface area contributed by atoms with E-state index in [2.05, 4.69) is 81.4 Å². The van der Waals surface area contributed by atoms with E-state index in [1.807, 2.05) is 0 Å². The Labute approximate surface area is 193 Å². The van der Waals surface area contributed by atoms with Crippen LogP contribution in [0, 0.1) is 12.8 Å². The second kappa shape index (κ2) is 15.3. The standard InChI is InChI=1S/C31H47/c1-4-5-6-7-8-10-19-26-31(29-22-15-12-16-23-29,30-24-17-13-18-25-30)27-20-11-9-14-21-28(2)3/h12-13,15-18,22-25,28H,1,4-11,14,19-21,26-27H2,2-3H3. The molecule has 0 bridgehead atoms. The molecule has 0 aromatic heterocycles. The van der Waals surface area contributed by atoms with Gasteiger partial charge in [0.25, 0.3) is 0 Å². The lowest BCUT2D eigenvalue weighted by molar-refractivity contribution is 0.388. The van der Waals surface area contributed by atoms with Gasteiger partial charge in [0, 0.05) is 5.41 Å². The van der Waals surface area contributed by atoms with Crippen LogP contribution in [0.1, 0.15) is 115 Å². The molecule has 0 spiro atoms. The van der Waals surface area contributed by atoms with Crippen molar-refractivity contribution in [3.05, 3.63) is 78.7 Å². The number of hydrogen-bond acceptors (Lipinski definition) is 0. The van der Waals surface area contributed by atoms with Gasteiger partial charge in [0.1, 0.15) is 0 Å². The van der Waals surface area contributed by atoms with E-state index < -0.39 is 0 Å².